The standard InChI is InChI=1S/C27H24N2OS/c1-4-19(15-27-29-23-12-17(2)18(3)13-25(23)31-27)14-26-28-22-16-21(10-11-24(22)30-26)20-8-6-5-7-9-20/h5-16,29H,4H2,1-3H3/b19-14+,27-15-. The molecule has 0 amide bonds. The molecule has 0 saturated heterocycles. The van der Waals surface area contributed by atoms with E-state index in [-0.39, 0.29) is 0 Å². The normalized spacial score (nSPS) is 14.8. The number of anilines is 1. The number of benzene rings is 3. The van der Waals surface area contributed by atoms with Crippen LogP contribution in [0.25, 0.3) is 28.3 Å². The van der Waals surface area contributed by atoms with E-state index in [0.717, 1.165) is 28.1 Å². The van der Waals surface area contributed by atoms with E-state index in [0.29, 0.717) is 5.89 Å². The molecule has 0 atom stereocenters. The van der Waals surface area contributed by atoms with Gasteiger partial charge in [-0.15, -0.1) is 0 Å². The molecule has 3 aromatic carbocycles. The molecule has 0 saturated carbocycles. The lowest BCUT2D eigenvalue weighted by molar-refractivity contribution is 0.588. The second kappa shape index (κ2) is 8.12. The monoisotopic (exact) mass is 424 g/mol. The Kier molecular flexibility index (Phi) is 5.16. The van der Waals surface area contributed by atoms with Crippen LogP contribution in [0, 0.1) is 13.8 Å². The summed E-state index contributed by atoms with van der Waals surface area (Å²) in [6, 6.07) is 21.0. The van der Waals surface area contributed by atoms with E-state index in [1.54, 1.807) is 11.8 Å². The second-order valence-electron chi connectivity index (χ2n) is 7.84. The summed E-state index contributed by atoms with van der Waals surface area (Å²) in [6.45, 7) is 6.46. The van der Waals surface area contributed by atoms with E-state index < -0.39 is 0 Å². The van der Waals surface area contributed by atoms with Crippen LogP contribution in [0.2, 0.25) is 0 Å². The number of nitrogens with one attached hydrogen (secondary N) is 1. The number of hydrogen-bond donors (Lipinski definition) is 1. The summed E-state index contributed by atoms with van der Waals surface area (Å²) < 4.78 is 6.01. The molecule has 2 heterocycles. The summed E-state index contributed by atoms with van der Waals surface area (Å²) in [6.07, 6.45) is 5.13. The van der Waals surface area contributed by atoms with Gasteiger partial charge in [0.15, 0.2) is 5.58 Å². The topological polar surface area (TPSA) is 38.1 Å². The molecule has 1 N–H and O–H groups in total. The SMILES string of the molecule is CCC(/C=C1/Nc2cc(C)c(C)cc2S1)=C\c1nc2cc(-c3ccccc3)ccc2o1. The van der Waals surface area contributed by atoms with Crippen LogP contribution in [-0.2, 0) is 0 Å². The van der Waals surface area contributed by atoms with Crippen LogP contribution in [-0.4, -0.2) is 4.98 Å². The first-order chi connectivity index (χ1) is 15.1. The Morgan fingerprint density at radius 1 is 1.00 bits per heavy atom. The molecule has 0 unspecified atom stereocenters. The third-order valence-corrected chi connectivity index (χ3v) is 6.62. The van der Waals surface area contributed by atoms with Gasteiger partial charge in [0, 0.05) is 11.0 Å². The first-order valence-corrected chi connectivity index (χ1v) is 11.3. The number of allylic oxidation sites excluding steroid dienone is 2. The van der Waals surface area contributed by atoms with Crippen LogP contribution in [0.5, 0.6) is 0 Å². The Labute approximate surface area is 186 Å². The number of aryl methyl sites for hydroxylation is 2. The van der Waals surface area contributed by atoms with Gasteiger partial charge in [0.25, 0.3) is 0 Å². The molecule has 31 heavy (non-hydrogen) atoms. The zero-order chi connectivity index (χ0) is 21.4. The molecule has 0 bridgehead atoms. The van der Waals surface area contributed by atoms with E-state index in [1.807, 2.05) is 30.3 Å². The lowest BCUT2D eigenvalue weighted by atomic mass is 10.1. The van der Waals surface area contributed by atoms with Crippen molar-refractivity contribution in [1.29, 1.82) is 0 Å². The van der Waals surface area contributed by atoms with Gasteiger partial charge < -0.3 is 9.73 Å². The number of thioether (sulfide) groups is 1. The van der Waals surface area contributed by atoms with Crippen LogP contribution in [0.3, 0.4) is 0 Å². The molecule has 3 nitrogen and oxygen atoms in total. The largest absolute Gasteiger partial charge is 0.437 e. The predicted octanol–water partition coefficient (Wildman–Crippen LogP) is 7.96. The van der Waals surface area contributed by atoms with Crippen molar-refractivity contribution < 1.29 is 4.42 Å². The van der Waals surface area contributed by atoms with Gasteiger partial charge in [-0.2, -0.15) is 0 Å². The van der Waals surface area contributed by atoms with Gasteiger partial charge >= 0.3 is 0 Å². The first kappa shape index (κ1) is 19.7. The minimum absolute atomic E-state index is 0.640. The van der Waals surface area contributed by atoms with Gasteiger partial charge in [-0.3, -0.25) is 0 Å². The molecule has 0 spiro atoms. The van der Waals surface area contributed by atoms with Crippen LogP contribution >= 0.6 is 11.8 Å². The van der Waals surface area contributed by atoms with Gasteiger partial charge in [-0.25, -0.2) is 4.98 Å². The number of hydrogen-bond acceptors (Lipinski definition) is 4. The molecule has 0 fully saturated rings. The minimum atomic E-state index is 0.640. The van der Waals surface area contributed by atoms with Gasteiger partial charge in [-0.05, 0) is 78.4 Å². The smallest absolute Gasteiger partial charge is 0.220 e. The van der Waals surface area contributed by atoms with Crippen molar-refractivity contribution in [3.63, 3.8) is 0 Å². The van der Waals surface area contributed by atoms with Gasteiger partial charge in [0.05, 0.1) is 10.7 Å². The van der Waals surface area contributed by atoms with Crippen molar-refractivity contribution in [2.24, 2.45) is 0 Å². The zero-order valence-corrected chi connectivity index (χ0v) is 18.7. The molecule has 5 rings (SSSR count). The molecule has 1 aliphatic rings. The molecule has 0 radical (unpaired) electrons. The lowest BCUT2D eigenvalue weighted by Crippen LogP contribution is -1.91. The molecule has 154 valence electrons. The summed E-state index contributed by atoms with van der Waals surface area (Å²) in [7, 11) is 0. The Hall–Kier alpha value is -3.24. The number of aromatic nitrogens is 1. The van der Waals surface area contributed by atoms with Crippen LogP contribution in [0.4, 0.5) is 5.69 Å². The summed E-state index contributed by atoms with van der Waals surface area (Å²) in [4.78, 5) is 6.00. The molecule has 0 aliphatic carbocycles. The van der Waals surface area contributed by atoms with Gasteiger partial charge in [0.2, 0.25) is 5.89 Å². The highest BCUT2D eigenvalue weighted by Crippen LogP contribution is 2.42. The van der Waals surface area contributed by atoms with Crippen LogP contribution < -0.4 is 5.32 Å². The Bertz CT molecular complexity index is 1300. The summed E-state index contributed by atoms with van der Waals surface area (Å²) in [5.41, 5.74) is 8.99. The fraction of sp³-hybridized carbons (Fsp3) is 0.148. The Morgan fingerprint density at radius 3 is 2.61 bits per heavy atom. The first-order valence-electron chi connectivity index (χ1n) is 10.5. The Morgan fingerprint density at radius 2 is 1.81 bits per heavy atom. The van der Waals surface area contributed by atoms with Gasteiger partial charge in [-0.1, -0.05) is 55.1 Å². The average molecular weight is 425 g/mol. The molecule has 4 aromatic rings. The summed E-state index contributed by atoms with van der Waals surface area (Å²) in [5, 5.41) is 4.67. The van der Waals surface area contributed by atoms with Crippen molar-refractivity contribution in [1.82, 2.24) is 4.98 Å². The van der Waals surface area contributed by atoms with Crippen molar-refractivity contribution >= 4 is 34.6 Å². The second-order valence-corrected chi connectivity index (χ2v) is 8.93. The number of fused-ring (bicyclic) bond motifs is 2. The Balaban J connectivity index is 1.43. The highest BCUT2D eigenvalue weighted by Gasteiger charge is 2.17. The van der Waals surface area contributed by atoms with Crippen LogP contribution in [0.1, 0.15) is 30.4 Å². The van der Waals surface area contributed by atoms with E-state index in [9.17, 15) is 0 Å². The maximum atomic E-state index is 6.01. The number of oxazole rings is 1. The number of nitrogens with zero attached hydrogens (tertiary/aromatic N) is 1. The van der Waals surface area contributed by atoms with E-state index in [1.165, 1.54) is 32.8 Å². The average Bonchev–Trinajstić information content (AvgIpc) is 3.36. The third-order valence-electron chi connectivity index (χ3n) is 5.62. The van der Waals surface area contributed by atoms with Crippen molar-refractivity contribution in [3.8, 4) is 11.1 Å². The van der Waals surface area contributed by atoms with Crippen molar-refractivity contribution in [2.45, 2.75) is 32.1 Å². The predicted molar refractivity (Wildman–Crippen MR) is 131 cm³/mol. The van der Waals surface area contributed by atoms with E-state index >= 15 is 0 Å². The van der Waals surface area contributed by atoms with Crippen molar-refractivity contribution in [3.05, 3.63) is 94.4 Å². The highest BCUT2D eigenvalue weighted by atomic mass is 32.2. The quantitative estimate of drug-likeness (QED) is 0.360. The number of rotatable bonds is 4. The van der Waals surface area contributed by atoms with Gasteiger partial charge in [0.1, 0.15) is 5.52 Å². The minimum Gasteiger partial charge on any atom is -0.437 e. The van der Waals surface area contributed by atoms with Crippen LogP contribution in [0.15, 0.2) is 86.7 Å². The third kappa shape index (κ3) is 4.04. The lowest BCUT2D eigenvalue weighted by Gasteiger charge is -2.03. The maximum Gasteiger partial charge on any atom is 0.220 e. The van der Waals surface area contributed by atoms with E-state index in [4.69, 9.17) is 9.40 Å². The fourth-order valence-electron chi connectivity index (χ4n) is 3.70. The highest BCUT2D eigenvalue weighted by molar-refractivity contribution is 8.03. The molecule has 1 aliphatic heterocycles. The molecular formula is C27H24N2OS. The summed E-state index contributed by atoms with van der Waals surface area (Å²) in [5.74, 6) is 0.640. The van der Waals surface area contributed by atoms with E-state index in [2.05, 4.69) is 68.6 Å². The zero-order valence-electron chi connectivity index (χ0n) is 17.9. The van der Waals surface area contributed by atoms with Crippen molar-refractivity contribution in [2.75, 3.05) is 5.32 Å². The fourth-order valence-corrected chi connectivity index (χ4v) is 4.77. The molecule has 4 heteroatoms. The summed E-state index contributed by atoms with van der Waals surface area (Å²) >= 11 is 1.78. The molecule has 1 aromatic heterocycles. The maximum absolute atomic E-state index is 6.01. The molecular weight excluding hydrogens is 400 g/mol.